The van der Waals surface area contributed by atoms with Crippen molar-refractivity contribution in [2.45, 2.75) is 26.3 Å². The summed E-state index contributed by atoms with van der Waals surface area (Å²) in [7, 11) is 0. The zero-order valence-corrected chi connectivity index (χ0v) is 13.4. The van der Waals surface area contributed by atoms with E-state index in [1.807, 2.05) is 30.3 Å². The van der Waals surface area contributed by atoms with E-state index in [1.165, 1.54) is 0 Å². The molecule has 0 spiro atoms. The van der Waals surface area contributed by atoms with E-state index >= 15 is 0 Å². The summed E-state index contributed by atoms with van der Waals surface area (Å²) in [4.78, 5) is 0. The molecule has 0 bridgehead atoms. The molecule has 0 aliphatic heterocycles. The standard InChI is InChI=1S/C15H17BrClNO/c1-3-11-6-8-14(19-11)15(18-4-2)12-9-10(16)5-7-13(12)17/h5-9,15,18H,3-4H2,1-2H3. The van der Waals surface area contributed by atoms with Crippen LogP contribution in [-0.2, 0) is 6.42 Å². The first-order valence-corrected chi connectivity index (χ1v) is 7.59. The molecular weight excluding hydrogens is 326 g/mol. The predicted molar refractivity (Wildman–Crippen MR) is 82.8 cm³/mol. The van der Waals surface area contributed by atoms with Gasteiger partial charge in [0, 0.05) is 15.9 Å². The van der Waals surface area contributed by atoms with Gasteiger partial charge in [0.15, 0.2) is 0 Å². The van der Waals surface area contributed by atoms with Gasteiger partial charge in [0.2, 0.25) is 0 Å². The fourth-order valence-electron chi connectivity index (χ4n) is 2.04. The van der Waals surface area contributed by atoms with Crippen LogP contribution in [0.3, 0.4) is 0 Å². The lowest BCUT2D eigenvalue weighted by atomic mass is 10.0. The molecule has 1 N–H and O–H groups in total. The lowest BCUT2D eigenvalue weighted by Crippen LogP contribution is -2.21. The Labute approximate surface area is 127 Å². The van der Waals surface area contributed by atoms with E-state index in [0.717, 1.165) is 39.5 Å². The molecule has 102 valence electrons. The second-order valence-electron chi connectivity index (χ2n) is 4.31. The first-order valence-electron chi connectivity index (χ1n) is 6.42. The molecule has 0 radical (unpaired) electrons. The van der Waals surface area contributed by atoms with Crippen molar-refractivity contribution < 1.29 is 4.42 Å². The summed E-state index contributed by atoms with van der Waals surface area (Å²) in [5.41, 5.74) is 1.02. The summed E-state index contributed by atoms with van der Waals surface area (Å²) < 4.78 is 6.87. The molecule has 1 heterocycles. The highest BCUT2D eigenvalue weighted by Crippen LogP contribution is 2.31. The van der Waals surface area contributed by atoms with Gasteiger partial charge < -0.3 is 9.73 Å². The van der Waals surface area contributed by atoms with Crippen LogP contribution in [0.15, 0.2) is 39.2 Å². The minimum Gasteiger partial charge on any atom is -0.464 e. The van der Waals surface area contributed by atoms with Gasteiger partial charge in [-0.2, -0.15) is 0 Å². The van der Waals surface area contributed by atoms with Crippen LogP contribution in [0.5, 0.6) is 0 Å². The predicted octanol–water partition coefficient (Wildman–Crippen LogP) is 4.96. The summed E-state index contributed by atoms with van der Waals surface area (Å²) >= 11 is 9.80. The van der Waals surface area contributed by atoms with E-state index in [9.17, 15) is 0 Å². The Bertz CT molecular complexity index is 553. The van der Waals surface area contributed by atoms with Crippen LogP contribution in [0, 0.1) is 0 Å². The monoisotopic (exact) mass is 341 g/mol. The van der Waals surface area contributed by atoms with Gasteiger partial charge in [0.1, 0.15) is 11.5 Å². The smallest absolute Gasteiger partial charge is 0.125 e. The molecule has 2 rings (SSSR count). The zero-order valence-electron chi connectivity index (χ0n) is 11.0. The molecule has 0 aliphatic carbocycles. The highest BCUT2D eigenvalue weighted by molar-refractivity contribution is 9.10. The normalized spacial score (nSPS) is 12.6. The Morgan fingerprint density at radius 2 is 2.05 bits per heavy atom. The number of halogens is 2. The number of hydrogen-bond donors (Lipinski definition) is 1. The summed E-state index contributed by atoms with van der Waals surface area (Å²) in [6, 6.07) is 9.89. The molecule has 1 atom stereocenters. The zero-order chi connectivity index (χ0) is 13.8. The van der Waals surface area contributed by atoms with E-state index < -0.39 is 0 Å². The lowest BCUT2D eigenvalue weighted by molar-refractivity contribution is 0.426. The molecule has 0 amide bonds. The van der Waals surface area contributed by atoms with Crippen molar-refractivity contribution >= 4 is 27.5 Å². The first kappa shape index (κ1) is 14.6. The van der Waals surface area contributed by atoms with Crippen LogP contribution in [0.1, 0.15) is 37.0 Å². The maximum atomic E-state index is 6.31. The van der Waals surface area contributed by atoms with Crippen molar-refractivity contribution in [1.82, 2.24) is 5.32 Å². The van der Waals surface area contributed by atoms with Crippen LogP contribution in [-0.4, -0.2) is 6.54 Å². The first-order chi connectivity index (χ1) is 9.15. The molecule has 0 aliphatic rings. The summed E-state index contributed by atoms with van der Waals surface area (Å²) in [6.45, 7) is 5.00. The maximum Gasteiger partial charge on any atom is 0.125 e. The highest BCUT2D eigenvalue weighted by Gasteiger charge is 2.19. The van der Waals surface area contributed by atoms with Gasteiger partial charge in [-0.25, -0.2) is 0 Å². The molecule has 2 aromatic rings. The van der Waals surface area contributed by atoms with E-state index in [1.54, 1.807) is 0 Å². The molecule has 4 heteroatoms. The topological polar surface area (TPSA) is 25.2 Å². The molecular formula is C15H17BrClNO. The van der Waals surface area contributed by atoms with E-state index in [-0.39, 0.29) is 6.04 Å². The van der Waals surface area contributed by atoms with Crippen molar-refractivity contribution in [2.75, 3.05) is 6.54 Å². The maximum absolute atomic E-state index is 6.31. The molecule has 1 unspecified atom stereocenters. The Morgan fingerprint density at radius 3 is 2.68 bits per heavy atom. The van der Waals surface area contributed by atoms with Crippen molar-refractivity contribution in [2.24, 2.45) is 0 Å². The molecule has 0 saturated carbocycles. The van der Waals surface area contributed by atoms with Crippen LogP contribution in [0.25, 0.3) is 0 Å². The molecule has 2 nitrogen and oxygen atoms in total. The molecule has 0 fully saturated rings. The van der Waals surface area contributed by atoms with Crippen molar-refractivity contribution in [3.05, 3.63) is 56.9 Å². The minimum atomic E-state index is -0.0182. The van der Waals surface area contributed by atoms with Crippen LogP contribution in [0.2, 0.25) is 5.02 Å². The third-order valence-corrected chi connectivity index (χ3v) is 3.83. The highest BCUT2D eigenvalue weighted by atomic mass is 79.9. The van der Waals surface area contributed by atoms with Gasteiger partial charge in [-0.1, -0.05) is 41.4 Å². The summed E-state index contributed by atoms with van der Waals surface area (Å²) in [5.74, 6) is 1.89. The third kappa shape index (κ3) is 3.41. The number of hydrogen-bond acceptors (Lipinski definition) is 2. The van der Waals surface area contributed by atoms with Gasteiger partial charge in [-0.05, 0) is 42.4 Å². The van der Waals surface area contributed by atoms with E-state index in [0.29, 0.717) is 0 Å². The van der Waals surface area contributed by atoms with Crippen molar-refractivity contribution in [1.29, 1.82) is 0 Å². The number of nitrogens with one attached hydrogen (secondary N) is 1. The van der Waals surface area contributed by atoms with E-state index in [2.05, 4.69) is 35.1 Å². The SMILES string of the molecule is CCNC(c1ccc(CC)o1)c1cc(Br)ccc1Cl. The number of rotatable bonds is 5. The van der Waals surface area contributed by atoms with Gasteiger partial charge in [0.05, 0.1) is 6.04 Å². The van der Waals surface area contributed by atoms with Gasteiger partial charge in [0.25, 0.3) is 0 Å². The van der Waals surface area contributed by atoms with Crippen LogP contribution >= 0.6 is 27.5 Å². The molecule has 0 saturated heterocycles. The Morgan fingerprint density at radius 1 is 1.26 bits per heavy atom. The van der Waals surface area contributed by atoms with Gasteiger partial charge in [-0.15, -0.1) is 0 Å². The molecule has 1 aromatic heterocycles. The molecule has 1 aromatic carbocycles. The Balaban J connectivity index is 2.41. The Hall–Kier alpha value is -0.770. The fraction of sp³-hybridized carbons (Fsp3) is 0.333. The third-order valence-electron chi connectivity index (χ3n) is 2.99. The lowest BCUT2D eigenvalue weighted by Gasteiger charge is -2.18. The van der Waals surface area contributed by atoms with E-state index in [4.69, 9.17) is 16.0 Å². The molecule has 19 heavy (non-hydrogen) atoms. The number of furan rings is 1. The minimum absolute atomic E-state index is 0.0182. The second kappa shape index (κ2) is 6.60. The number of benzene rings is 1. The quantitative estimate of drug-likeness (QED) is 0.831. The average molecular weight is 343 g/mol. The Kier molecular flexibility index (Phi) is 5.08. The largest absolute Gasteiger partial charge is 0.464 e. The van der Waals surface area contributed by atoms with Crippen LogP contribution in [0.4, 0.5) is 0 Å². The van der Waals surface area contributed by atoms with Gasteiger partial charge in [-0.3, -0.25) is 0 Å². The fourth-order valence-corrected chi connectivity index (χ4v) is 2.65. The summed E-state index contributed by atoms with van der Waals surface area (Å²) in [5, 5.41) is 4.16. The van der Waals surface area contributed by atoms with Crippen molar-refractivity contribution in [3.8, 4) is 0 Å². The van der Waals surface area contributed by atoms with Crippen molar-refractivity contribution in [3.63, 3.8) is 0 Å². The second-order valence-corrected chi connectivity index (χ2v) is 5.64. The number of aryl methyl sites for hydroxylation is 1. The van der Waals surface area contributed by atoms with Gasteiger partial charge >= 0.3 is 0 Å². The average Bonchev–Trinajstić information content (AvgIpc) is 2.88. The summed E-state index contributed by atoms with van der Waals surface area (Å²) in [6.07, 6.45) is 0.894. The van der Waals surface area contributed by atoms with Crippen LogP contribution < -0.4 is 5.32 Å².